The van der Waals surface area contributed by atoms with Crippen LogP contribution in [0.4, 0.5) is 0 Å². The Balaban J connectivity index is 1.41. The van der Waals surface area contributed by atoms with Gasteiger partial charge in [0.25, 0.3) is 0 Å². The van der Waals surface area contributed by atoms with Crippen molar-refractivity contribution in [2.24, 2.45) is 0 Å². The molecule has 2 aromatic heterocycles. The molecule has 8 heteroatoms. The van der Waals surface area contributed by atoms with E-state index in [0.717, 1.165) is 55.0 Å². The molecular formula is C23H28N6OS. The van der Waals surface area contributed by atoms with Gasteiger partial charge in [-0.25, -0.2) is 14.0 Å². The minimum atomic E-state index is 0.116. The van der Waals surface area contributed by atoms with Crippen molar-refractivity contribution in [1.29, 1.82) is 0 Å². The number of nitrogens with one attached hydrogen (secondary N) is 2. The van der Waals surface area contributed by atoms with Gasteiger partial charge in [-0.1, -0.05) is 31.1 Å². The third-order valence-electron chi connectivity index (χ3n) is 5.44. The molecule has 7 nitrogen and oxygen atoms in total. The van der Waals surface area contributed by atoms with Crippen LogP contribution in [0.5, 0.6) is 0 Å². The third kappa shape index (κ3) is 5.45. The van der Waals surface area contributed by atoms with Crippen molar-refractivity contribution in [3.8, 4) is 16.9 Å². The molecule has 3 aromatic rings. The molecular weight excluding hydrogens is 408 g/mol. The number of hydrogen-bond acceptors (Lipinski definition) is 5. The quantitative estimate of drug-likeness (QED) is 0.362. The Hall–Kier alpha value is -2.84. The van der Waals surface area contributed by atoms with Crippen LogP contribution in [0.15, 0.2) is 60.4 Å². The topological polar surface area (TPSA) is 78.8 Å². The molecule has 1 aliphatic rings. The fourth-order valence-electron chi connectivity index (χ4n) is 3.72. The Morgan fingerprint density at radius 3 is 2.84 bits per heavy atom. The highest BCUT2D eigenvalue weighted by atomic mass is 32.2. The van der Waals surface area contributed by atoms with Gasteiger partial charge in [0.2, 0.25) is 5.91 Å². The molecule has 1 atom stereocenters. The first kappa shape index (κ1) is 21.4. The number of carbonyl (C=O) groups is 1. The summed E-state index contributed by atoms with van der Waals surface area (Å²) in [6, 6.07) is 10.4. The molecule has 3 heterocycles. The molecule has 0 bridgehead atoms. The van der Waals surface area contributed by atoms with E-state index in [0.29, 0.717) is 6.42 Å². The van der Waals surface area contributed by atoms with Crippen LogP contribution < -0.4 is 5.32 Å². The highest BCUT2D eigenvalue weighted by molar-refractivity contribution is 8.00. The summed E-state index contributed by atoms with van der Waals surface area (Å²) in [6.45, 7) is 0.919. The normalized spacial score (nSPS) is 14.7. The smallest absolute Gasteiger partial charge is 0.219 e. The number of imidazole rings is 1. The summed E-state index contributed by atoms with van der Waals surface area (Å²) < 4.78 is 4.21. The molecule has 0 saturated carbocycles. The molecule has 162 valence electrons. The molecule has 1 amide bonds. The van der Waals surface area contributed by atoms with E-state index in [2.05, 4.69) is 55.5 Å². The van der Waals surface area contributed by atoms with E-state index in [-0.39, 0.29) is 11.9 Å². The van der Waals surface area contributed by atoms with Crippen LogP contribution >= 0.6 is 11.9 Å². The number of aromatic amines is 1. The predicted octanol–water partition coefficient (Wildman–Crippen LogP) is 4.48. The van der Waals surface area contributed by atoms with Gasteiger partial charge in [0.15, 0.2) is 0 Å². The molecule has 4 rings (SSSR count). The van der Waals surface area contributed by atoms with E-state index in [1.807, 2.05) is 23.1 Å². The summed E-state index contributed by atoms with van der Waals surface area (Å²) in [7, 11) is 1.69. The van der Waals surface area contributed by atoms with Gasteiger partial charge in [0.05, 0.1) is 23.6 Å². The minimum absolute atomic E-state index is 0.116. The van der Waals surface area contributed by atoms with Crippen LogP contribution in [0.2, 0.25) is 0 Å². The zero-order valence-electron chi connectivity index (χ0n) is 17.7. The molecule has 0 radical (unpaired) electrons. The lowest BCUT2D eigenvalue weighted by Gasteiger charge is -2.24. The standard InChI is InChI=1S/C23H28N6OS/c1-24-22(30)8-4-2-3-7-21(29-15-6-16-31-29)23-25-17-20(27-23)18-9-11-19(12-10-18)28-14-5-13-26-28/h5-6,9-14,16-17,21H,2-4,7-8,15H2,1H3,(H,24,30)(H,25,27)/t21-/m0/s1. The monoisotopic (exact) mass is 436 g/mol. The zero-order chi connectivity index (χ0) is 21.5. The maximum Gasteiger partial charge on any atom is 0.219 e. The highest BCUT2D eigenvalue weighted by Crippen LogP contribution is 2.34. The summed E-state index contributed by atoms with van der Waals surface area (Å²) >= 11 is 1.74. The first-order valence-corrected chi connectivity index (χ1v) is 11.5. The average Bonchev–Trinajstić information content (AvgIpc) is 3.58. The van der Waals surface area contributed by atoms with E-state index in [1.165, 1.54) is 0 Å². The summed E-state index contributed by atoms with van der Waals surface area (Å²) in [4.78, 5) is 19.7. The molecule has 1 aromatic carbocycles. The number of aromatic nitrogens is 4. The SMILES string of the molecule is CNC(=O)CCCCC[C@@H](c1ncc(-c2ccc(-n3cccn3)cc2)[nH]1)N1CC=CS1. The van der Waals surface area contributed by atoms with E-state index >= 15 is 0 Å². The van der Waals surface area contributed by atoms with Gasteiger partial charge in [0.1, 0.15) is 5.82 Å². The van der Waals surface area contributed by atoms with Crippen molar-refractivity contribution in [2.45, 2.75) is 38.1 Å². The highest BCUT2D eigenvalue weighted by Gasteiger charge is 2.24. The predicted molar refractivity (Wildman–Crippen MR) is 124 cm³/mol. The summed E-state index contributed by atoms with van der Waals surface area (Å²) in [5, 5.41) is 9.10. The molecule has 0 fully saturated rings. The fraction of sp³-hybridized carbons (Fsp3) is 0.348. The van der Waals surface area contributed by atoms with Crippen LogP contribution in [0.25, 0.3) is 16.9 Å². The number of H-pyrrole nitrogens is 1. The minimum Gasteiger partial charge on any atom is -0.359 e. The largest absolute Gasteiger partial charge is 0.359 e. The lowest BCUT2D eigenvalue weighted by molar-refractivity contribution is -0.120. The summed E-state index contributed by atoms with van der Waals surface area (Å²) in [5.74, 6) is 1.11. The first-order chi connectivity index (χ1) is 15.2. The van der Waals surface area contributed by atoms with Crippen LogP contribution in [0.3, 0.4) is 0 Å². The van der Waals surface area contributed by atoms with E-state index in [1.54, 1.807) is 25.2 Å². The molecule has 1 aliphatic heterocycles. The number of unbranched alkanes of at least 4 members (excludes halogenated alkanes) is 2. The third-order valence-corrected chi connectivity index (χ3v) is 6.43. The van der Waals surface area contributed by atoms with Crippen molar-refractivity contribution < 1.29 is 4.79 Å². The molecule has 2 N–H and O–H groups in total. The maximum atomic E-state index is 11.4. The van der Waals surface area contributed by atoms with Crippen molar-refractivity contribution in [2.75, 3.05) is 13.6 Å². The van der Waals surface area contributed by atoms with Crippen LogP contribution in [0, 0.1) is 0 Å². The van der Waals surface area contributed by atoms with Gasteiger partial charge in [0, 0.05) is 32.4 Å². The van der Waals surface area contributed by atoms with E-state index in [9.17, 15) is 4.79 Å². The maximum absolute atomic E-state index is 11.4. The Morgan fingerprint density at radius 2 is 2.13 bits per heavy atom. The Kier molecular flexibility index (Phi) is 7.22. The Labute approximate surface area is 187 Å². The van der Waals surface area contributed by atoms with E-state index < -0.39 is 0 Å². The number of rotatable bonds is 10. The number of nitrogens with zero attached hydrogens (tertiary/aromatic N) is 4. The second-order valence-electron chi connectivity index (χ2n) is 7.54. The van der Waals surface area contributed by atoms with Crippen molar-refractivity contribution in [3.05, 3.63) is 66.2 Å². The van der Waals surface area contributed by atoms with Crippen molar-refractivity contribution in [3.63, 3.8) is 0 Å². The van der Waals surface area contributed by atoms with Gasteiger partial charge >= 0.3 is 0 Å². The molecule has 0 spiro atoms. The molecule has 0 saturated heterocycles. The van der Waals surface area contributed by atoms with Gasteiger partial charge < -0.3 is 10.3 Å². The molecule has 0 aliphatic carbocycles. The number of carbonyl (C=O) groups excluding carboxylic acids is 1. The number of benzene rings is 1. The second-order valence-corrected chi connectivity index (χ2v) is 8.50. The van der Waals surface area contributed by atoms with Gasteiger partial charge in [-0.3, -0.25) is 4.79 Å². The average molecular weight is 437 g/mol. The molecule has 0 unspecified atom stereocenters. The Morgan fingerprint density at radius 1 is 1.26 bits per heavy atom. The van der Waals surface area contributed by atoms with Crippen LogP contribution in [-0.4, -0.2) is 43.6 Å². The fourth-order valence-corrected chi connectivity index (χ4v) is 4.57. The summed E-state index contributed by atoms with van der Waals surface area (Å²) in [6.07, 6.45) is 12.4. The second kappa shape index (κ2) is 10.5. The lowest BCUT2D eigenvalue weighted by atomic mass is 10.1. The number of hydrogen-bond donors (Lipinski definition) is 2. The van der Waals surface area contributed by atoms with Crippen molar-refractivity contribution in [1.82, 2.24) is 29.4 Å². The van der Waals surface area contributed by atoms with E-state index in [4.69, 9.17) is 4.98 Å². The van der Waals surface area contributed by atoms with Gasteiger partial charge in [-0.05, 0) is 54.0 Å². The summed E-state index contributed by atoms with van der Waals surface area (Å²) in [5.41, 5.74) is 3.15. The van der Waals surface area contributed by atoms with Crippen LogP contribution in [-0.2, 0) is 4.79 Å². The molecule has 31 heavy (non-hydrogen) atoms. The zero-order valence-corrected chi connectivity index (χ0v) is 18.5. The first-order valence-electron chi connectivity index (χ1n) is 10.7. The van der Waals surface area contributed by atoms with Crippen LogP contribution in [0.1, 0.15) is 44.0 Å². The van der Waals surface area contributed by atoms with Gasteiger partial charge in [-0.15, -0.1) is 0 Å². The van der Waals surface area contributed by atoms with Crippen molar-refractivity contribution >= 4 is 17.9 Å². The lowest BCUT2D eigenvalue weighted by Crippen LogP contribution is -2.21. The van der Waals surface area contributed by atoms with Gasteiger partial charge in [-0.2, -0.15) is 5.10 Å². The number of amides is 1. The Bertz CT molecular complexity index is 988.